The van der Waals surface area contributed by atoms with E-state index in [1.54, 1.807) is 36.4 Å². The fraction of sp³-hybridized carbons (Fsp3) is 0.286. The number of ether oxygens (including phenoxy) is 1. The van der Waals surface area contributed by atoms with E-state index in [1.165, 1.54) is 19.2 Å². The van der Waals surface area contributed by atoms with Gasteiger partial charge in [0.15, 0.2) is 0 Å². The number of nitrogens with two attached hydrogens (primary N) is 1. The van der Waals surface area contributed by atoms with Crippen LogP contribution in [0.1, 0.15) is 40.0 Å². The minimum Gasteiger partial charge on any atom is -0.497 e. The van der Waals surface area contributed by atoms with Crippen molar-refractivity contribution in [3.63, 3.8) is 0 Å². The molecule has 33 heavy (non-hydrogen) atoms. The molecule has 0 heterocycles. The number of hydrogen-bond donors (Lipinski definition) is 6. The SMILES string of the molecule is COc1cccc(NC(=O)c2ccccc2C(=O)O)c1.NC(CCCCP(=O)(O)O)C(=O)O. The lowest BCUT2D eigenvalue weighted by Crippen LogP contribution is -2.29. The first-order valence-corrected chi connectivity index (χ1v) is 11.5. The fourth-order valence-electron chi connectivity index (χ4n) is 2.57. The van der Waals surface area contributed by atoms with Crippen molar-refractivity contribution in [3.05, 3.63) is 59.7 Å². The molecule has 0 radical (unpaired) electrons. The average Bonchev–Trinajstić information content (AvgIpc) is 2.76. The molecule has 2 aromatic rings. The molecule has 180 valence electrons. The minimum absolute atomic E-state index is 0.0344. The Balaban J connectivity index is 0.000000366. The Morgan fingerprint density at radius 1 is 1.03 bits per heavy atom. The summed E-state index contributed by atoms with van der Waals surface area (Å²) < 4.78 is 15.4. The van der Waals surface area contributed by atoms with Crippen LogP contribution in [0.5, 0.6) is 5.75 Å². The van der Waals surface area contributed by atoms with Gasteiger partial charge in [-0.2, -0.15) is 0 Å². The predicted octanol–water partition coefficient (Wildman–Crippen LogP) is 2.39. The number of carboxylic acid groups (broad SMARTS) is 2. The van der Waals surface area contributed by atoms with Gasteiger partial charge in [-0.1, -0.05) is 24.6 Å². The lowest BCUT2D eigenvalue weighted by Gasteiger charge is -2.08. The van der Waals surface area contributed by atoms with Gasteiger partial charge in [-0.3, -0.25) is 14.2 Å². The maximum atomic E-state index is 12.1. The average molecular weight is 482 g/mol. The Hall–Kier alpha value is -3.24. The molecule has 0 aliphatic carbocycles. The topological polar surface area (TPSA) is 196 Å². The maximum absolute atomic E-state index is 12.1. The Morgan fingerprint density at radius 3 is 2.21 bits per heavy atom. The number of rotatable bonds is 10. The normalized spacial score (nSPS) is 11.5. The first kappa shape index (κ1) is 27.8. The van der Waals surface area contributed by atoms with Crippen LogP contribution in [0.15, 0.2) is 48.5 Å². The molecule has 0 aromatic heterocycles. The zero-order valence-corrected chi connectivity index (χ0v) is 18.8. The highest BCUT2D eigenvalue weighted by Gasteiger charge is 2.16. The number of anilines is 1. The molecule has 0 bridgehead atoms. The van der Waals surface area contributed by atoms with E-state index in [0.717, 1.165) is 0 Å². The predicted molar refractivity (Wildman–Crippen MR) is 121 cm³/mol. The maximum Gasteiger partial charge on any atom is 0.336 e. The molecule has 2 rings (SSSR count). The number of hydrogen-bond acceptors (Lipinski definition) is 6. The third-order valence-electron chi connectivity index (χ3n) is 4.26. The smallest absolute Gasteiger partial charge is 0.336 e. The second kappa shape index (κ2) is 13.3. The number of aromatic carboxylic acids is 1. The summed E-state index contributed by atoms with van der Waals surface area (Å²) in [6.07, 6.45) is 0.749. The molecule has 0 saturated carbocycles. The zero-order valence-electron chi connectivity index (χ0n) is 17.9. The van der Waals surface area contributed by atoms with E-state index in [9.17, 15) is 18.9 Å². The minimum atomic E-state index is -3.94. The van der Waals surface area contributed by atoms with Crippen molar-refractivity contribution in [1.29, 1.82) is 0 Å². The van der Waals surface area contributed by atoms with Crippen LogP contribution in [-0.2, 0) is 9.36 Å². The summed E-state index contributed by atoms with van der Waals surface area (Å²) in [7, 11) is -2.41. The van der Waals surface area contributed by atoms with Crippen LogP contribution < -0.4 is 15.8 Å². The van der Waals surface area contributed by atoms with Gasteiger partial charge in [-0.05, 0) is 37.1 Å². The third kappa shape index (κ3) is 10.8. The number of methoxy groups -OCH3 is 1. The Bertz CT molecular complexity index is 1010. The molecular formula is C21H27N2O9P. The van der Waals surface area contributed by atoms with Crippen molar-refractivity contribution in [1.82, 2.24) is 0 Å². The second-order valence-corrected chi connectivity index (χ2v) is 8.64. The molecule has 1 amide bonds. The van der Waals surface area contributed by atoms with E-state index in [-0.39, 0.29) is 23.7 Å². The highest BCUT2D eigenvalue weighted by Crippen LogP contribution is 2.35. The van der Waals surface area contributed by atoms with Crippen LogP contribution in [0, 0.1) is 0 Å². The monoisotopic (exact) mass is 482 g/mol. The largest absolute Gasteiger partial charge is 0.497 e. The Kier molecular flexibility index (Phi) is 11.2. The molecule has 1 unspecified atom stereocenters. The Morgan fingerprint density at radius 2 is 1.67 bits per heavy atom. The summed E-state index contributed by atoms with van der Waals surface area (Å²) in [5, 5.41) is 20.1. The van der Waals surface area contributed by atoms with Crippen LogP contribution in [0.4, 0.5) is 5.69 Å². The number of carbonyl (C=O) groups excluding carboxylic acids is 1. The molecule has 11 nitrogen and oxygen atoms in total. The second-order valence-electron chi connectivity index (χ2n) is 6.87. The van der Waals surface area contributed by atoms with Crippen molar-refractivity contribution < 1.29 is 43.7 Å². The van der Waals surface area contributed by atoms with Gasteiger partial charge in [0.25, 0.3) is 5.91 Å². The van der Waals surface area contributed by atoms with E-state index < -0.39 is 31.5 Å². The van der Waals surface area contributed by atoms with Crippen LogP contribution in [0.25, 0.3) is 0 Å². The van der Waals surface area contributed by atoms with Crippen molar-refractivity contribution in [2.75, 3.05) is 18.6 Å². The van der Waals surface area contributed by atoms with Gasteiger partial charge in [0.2, 0.25) is 0 Å². The van der Waals surface area contributed by atoms with Crippen molar-refractivity contribution in [3.8, 4) is 5.75 Å². The van der Waals surface area contributed by atoms with Crippen LogP contribution >= 0.6 is 7.60 Å². The number of carboxylic acids is 2. The van der Waals surface area contributed by atoms with Crippen molar-refractivity contribution in [2.24, 2.45) is 5.73 Å². The van der Waals surface area contributed by atoms with Gasteiger partial charge in [0.05, 0.1) is 18.2 Å². The molecule has 1 atom stereocenters. The quantitative estimate of drug-likeness (QED) is 0.216. The van der Waals surface area contributed by atoms with Gasteiger partial charge in [0, 0.05) is 17.9 Å². The van der Waals surface area contributed by atoms with E-state index in [2.05, 4.69) is 5.32 Å². The van der Waals surface area contributed by atoms with E-state index in [0.29, 0.717) is 24.3 Å². The number of amides is 1. The molecule has 0 spiro atoms. The first-order chi connectivity index (χ1) is 15.4. The number of nitrogens with one attached hydrogen (secondary N) is 1. The van der Waals surface area contributed by atoms with E-state index in [4.69, 9.17) is 30.5 Å². The molecule has 12 heteroatoms. The van der Waals surface area contributed by atoms with Gasteiger partial charge in [0.1, 0.15) is 11.8 Å². The summed E-state index contributed by atoms with van der Waals surface area (Å²) in [5.74, 6) is -2.09. The lowest BCUT2D eigenvalue weighted by molar-refractivity contribution is -0.138. The summed E-state index contributed by atoms with van der Waals surface area (Å²) in [4.78, 5) is 50.3. The fourth-order valence-corrected chi connectivity index (χ4v) is 3.21. The number of aliphatic carboxylic acids is 1. The molecule has 0 saturated heterocycles. The Labute approximate surface area is 190 Å². The van der Waals surface area contributed by atoms with Crippen molar-refractivity contribution >= 4 is 31.1 Å². The number of carbonyl (C=O) groups is 3. The van der Waals surface area contributed by atoms with Gasteiger partial charge in [-0.25, -0.2) is 4.79 Å². The van der Waals surface area contributed by atoms with Crippen LogP contribution in [0.3, 0.4) is 0 Å². The molecule has 2 aromatic carbocycles. The molecular weight excluding hydrogens is 455 g/mol. The van der Waals surface area contributed by atoms with Crippen LogP contribution in [0.2, 0.25) is 0 Å². The van der Waals surface area contributed by atoms with Crippen molar-refractivity contribution in [2.45, 2.75) is 25.3 Å². The highest BCUT2D eigenvalue weighted by molar-refractivity contribution is 7.51. The summed E-state index contributed by atoms with van der Waals surface area (Å²) in [6, 6.07) is 12.0. The molecule has 0 aliphatic heterocycles. The first-order valence-electron chi connectivity index (χ1n) is 9.75. The zero-order chi connectivity index (χ0) is 25.0. The molecule has 0 aliphatic rings. The lowest BCUT2D eigenvalue weighted by atomic mass is 10.1. The van der Waals surface area contributed by atoms with Crippen LogP contribution in [-0.4, -0.2) is 57.2 Å². The molecule has 0 fully saturated rings. The number of unbranched alkanes of at least 4 members (excludes halogenated alkanes) is 1. The number of benzene rings is 2. The van der Waals surface area contributed by atoms with E-state index >= 15 is 0 Å². The highest BCUT2D eigenvalue weighted by atomic mass is 31.2. The van der Waals surface area contributed by atoms with Gasteiger partial charge < -0.3 is 35.8 Å². The summed E-state index contributed by atoms with van der Waals surface area (Å²) in [6.45, 7) is 0. The third-order valence-corrected chi connectivity index (χ3v) is 5.16. The summed E-state index contributed by atoms with van der Waals surface area (Å²) >= 11 is 0. The standard InChI is InChI=1S/C15H13NO4.C6H14NO5P/c1-20-11-6-4-5-10(9-11)16-14(17)12-7-2-3-8-13(12)15(18)19;7-5(6(8)9)3-1-2-4-13(10,11)12/h2-9H,1H3,(H,16,17)(H,18,19);5H,1-4,7H2,(H,8,9)(H2,10,11,12). The molecule has 7 N–H and O–H groups in total. The van der Waals surface area contributed by atoms with Gasteiger partial charge >= 0.3 is 19.5 Å². The van der Waals surface area contributed by atoms with E-state index in [1.807, 2.05) is 0 Å². The van der Waals surface area contributed by atoms with Gasteiger partial charge in [-0.15, -0.1) is 0 Å². The summed E-state index contributed by atoms with van der Waals surface area (Å²) in [5.41, 5.74) is 5.79.